The summed E-state index contributed by atoms with van der Waals surface area (Å²) in [4.78, 5) is 0. The minimum absolute atomic E-state index is 0.0931. The van der Waals surface area contributed by atoms with Gasteiger partial charge in [0.25, 0.3) is 0 Å². The lowest BCUT2D eigenvalue weighted by Crippen LogP contribution is -2.37. The molecule has 17 heavy (non-hydrogen) atoms. The summed E-state index contributed by atoms with van der Waals surface area (Å²) in [5.74, 6) is 0.934. The first kappa shape index (κ1) is 12.4. The van der Waals surface area contributed by atoms with Gasteiger partial charge in [-0.05, 0) is 45.2 Å². The van der Waals surface area contributed by atoms with Crippen molar-refractivity contribution in [3.8, 4) is 5.75 Å². The first-order valence-corrected chi connectivity index (χ1v) is 6.27. The molecule has 0 aromatic heterocycles. The van der Waals surface area contributed by atoms with Crippen LogP contribution < -0.4 is 5.32 Å². The van der Waals surface area contributed by atoms with Crippen molar-refractivity contribution in [2.45, 2.75) is 38.8 Å². The zero-order valence-electron chi connectivity index (χ0n) is 10.5. The molecular weight excluding hydrogens is 214 g/mol. The van der Waals surface area contributed by atoms with Crippen LogP contribution in [-0.4, -0.2) is 22.9 Å². The highest BCUT2D eigenvalue weighted by atomic mass is 16.3. The molecule has 3 heteroatoms. The van der Waals surface area contributed by atoms with Crippen LogP contribution >= 0.6 is 0 Å². The van der Waals surface area contributed by atoms with Gasteiger partial charge >= 0.3 is 0 Å². The number of nitrogens with one attached hydrogen (secondary N) is 1. The van der Waals surface area contributed by atoms with Crippen LogP contribution in [0.15, 0.2) is 18.2 Å². The van der Waals surface area contributed by atoms with E-state index >= 15 is 0 Å². The fourth-order valence-electron chi connectivity index (χ4n) is 2.34. The van der Waals surface area contributed by atoms with Crippen molar-refractivity contribution in [2.75, 3.05) is 6.54 Å². The maximum absolute atomic E-state index is 9.80. The molecule has 1 saturated carbocycles. The number of aryl methyl sites for hydroxylation is 1. The maximum atomic E-state index is 9.80. The summed E-state index contributed by atoms with van der Waals surface area (Å²) >= 11 is 0. The summed E-state index contributed by atoms with van der Waals surface area (Å²) in [6, 6.07) is 5.82. The Morgan fingerprint density at radius 1 is 1.41 bits per heavy atom. The highest BCUT2D eigenvalue weighted by Gasteiger charge is 2.27. The SMILES string of the molecule is Cc1ccc(O)c(C(C)NCC2CC(O)C2)c1. The number of aliphatic hydroxyl groups is 1. The summed E-state index contributed by atoms with van der Waals surface area (Å²) in [5.41, 5.74) is 2.11. The van der Waals surface area contributed by atoms with E-state index in [9.17, 15) is 10.2 Å². The number of benzene rings is 1. The van der Waals surface area contributed by atoms with Gasteiger partial charge in [-0.25, -0.2) is 0 Å². The topological polar surface area (TPSA) is 52.5 Å². The quantitative estimate of drug-likeness (QED) is 0.749. The lowest BCUT2D eigenvalue weighted by atomic mass is 9.82. The second-order valence-electron chi connectivity index (χ2n) is 5.18. The lowest BCUT2D eigenvalue weighted by Gasteiger charge is -2.32. The van der Waals surface area contributed by atoms with E-state index in [0.717, 1.165) is 30.5 Å². The molecule has 0 heterocycles. The monoisotopic (exact) mass is 235 g/mol. The molecule has 0 saturated heterocycles. The van der Waals surface area contributed by atoms with Crippen molar-refractivity contribution >= 4 is 0 Å². The second-order valence-corrected chi connectivity index (χ2v) is 5.18. The molecule has 1 aliphatic carbocycles. The minimum atomic E-state index is -0.0931. The van der Waals surface area contributed by atoms with Crippen molar-refractivity contribution < 1.29 is 10.2 Å². The summed E-state index contributed by atoms with van der Waals surface area (Å²) < 4.78 is 0. The van der Waals surface area contributed by atoms with Crippen molar-refractivity contribution in [1.29, 1.82) is 0 Å². The molecule has 1 aliphatic rings. The van der Waals surface area contributed by atoms with Crippen LogP contribution in [0.2, 0.25) is 0 Å². The number of hydrogen-bond donors (Lipinski definition) is 3. The molecule has 94 valence electrons. The van der Waals surface area contributed by atoms with E-state index < -0.39 is 0 Å². The number of phenolic OH excluding ortho intramolecular Hbond substituents is 1. The Morgan fingerprint density at radius 3 is 2.76 bits per heavy atom. The smallest absolute Gasteiger partial charge is 0.120 e. The summed E-state index contributed by atoms with van der Waals surface area (Å²) in [6.45, 7) is 4.99. The summed E-state index contributed by atoms with van der Waals surface area (Å²) in [7, 11) is 0. The largest absolute Gasteiger partial charge is 0.508 e. The molecule has 1 atom stereocenters. The Kier molecular flexibility index (Phi) is 3.69. The van der Waals surface area contributed by atoms with E-state index in [2.05, 4.69) is 12.2 Å². The van der Waals surface area contributed by atoms with E-state index in [-0.39, 0.29) is 12.1 Å². The predicted octanol–water partition coefficient (Wildman–Crippen LogP) is 2.12. The first-order valence-electron chi connectivity index (χ1n) is 6.27. The Balaban J connectivity index is 1.90. The fourth-order valence-corrected chi connectivity index (χ4v) is 2.34. The van der Waals surface area contributed by atoms with Crippen molar-refractivity contribution in [1.82, 2.24) is 5.32 Å². The molecule has 3 nitrogen and oxygen atoms in total. The zero-order chi connectivity index (χ0) is 12.4. The van der Waals surface area contributed by atoms with E-state index in [1.807, 2.05) is 19.1 Å². The summed E-state index contributed by atoms with van der Waals surface area (Å²) in [5, 5.41) is 22.4. The molecule has 0 bridgehead atoms. The molecule has 0 spiro atoms. The van der Waals surface area contributed by atoms with Gasteiger partial charge in [-0.2, -0.15) is 0 Å². The van der Waals surface area contributed by atoms with Gasteiger partial charge in [0, 0.05) is 11.6 Å². The minimum Gasteiger partial charge on any atom is -0.508 e. The van der Waals surface area contributed by atoms with Gasteiger partial charge in [0.05, 0.1) is 6.10 Å². The van der Waals surface area contributed by atoms with Crippen molar-refractivity contribution in [3.63, 3.8) is 0 Å². The maximum Gasteiger partial charge on any atom is 0.120 e. The van der Waals surface area contributed by atoms with Crippen molar-refractivity contribution in [2.24, 2.45) is 5.92 Å². The number of rotatable bonds is 4. The third kappa shape index (κ3) is 2.99. The fraction of sp³-hybridized carbons (Fsp3) is 0.571. The van der Waals surface area contributed by atoms with Crippen LogP contribution in [-0.2, 0) is 0 Å². The van der Waals surface area contributed by atoms with Crippen molar-refractivity contribution in [3.05, 3.63) is 29.3 Å². The zero-order valence-corrected chi connectivity index (χ0v) is 10.5. The molecule has 2 rings (SSSR count). The molecule has 1 unspecified atom stereocenters. The number of hydrogen-bond acceptors (Lipinski definition) is 3. The standard InChI is InChI=1S/C14H21NO2/c1-9-3-4-14(17)13(5-9)10(2)15-8-11-6-12(16)7-11/h3-5,10-12,15-17H,6-8H2,1-2H3. The van der Waals surface area contributed by atoms with Crippen LogP contribution in [0.4, 0.5) is 0 Å². The third-order valence-electron chi connectivity index (χ3n) is 3.57. The van der Waals surface area contributed by atoms with Crippen LogP contribution in [0.1, 0.15) is 36.9 Å². The van der Waals surface area contributed by atoms with E-state index in [1.54, 1.807) is 6.07 Å². The third-order valence-corrected chi connectivity index (χ3v) is 3.57. The van der Waals surface area contributed by atoms with Crippen LogP contribution in [0.5, 0.6) is 5.75 Å². The van der Waals surface area contributed by atoms with Gasteiger partial charge in [0.1, 0.15) is 5.75 Å². The summed E-state index contributed by atoms with van der Waals surface area (Å²) in [6.07, 6.45) is 1.71. The predicted molar refractivity (Wildman–Crippen MR) is 68.0 cm³/mol. The van der Waals surface area contributed by atoms with Gasteiger partial charge in [-0.1, -0.05) is 17.7 Å². The Morgan fingerprint density at radius 2 is 2.12 bits per heavy atom. The molecule has 0 aliphatic heterocycles. The number of aliphatic hydroxyl groups excluding tert-OH is 1. The normalized spacial score (nSPS) is 25.4. The van der Waals surface area contributed by atoms with E-state index in [4.69, 9.17) is 0 Å². The van der Waals surface area contributed by atoms with Crippen LogP contribution in [0, 0.1) is 12.8 Å². The molecular formula is C14H21NO2. The van der Waals surface area contributed by atoms with Gasteiger partial charge in [-0.15, -0.1) is 0 Å². The van der Waals surface area contributed by atoms with Gasteiger partial charge in [-0.3, -0.25) is 0 Å². The second kappa shape index (κ2) is 5.07. The highest BCUT2D eigenvalue weighted by Crippen LogP contribution is 2.29. The molecule has 1 aromatic rings. The number of aromatic hydroxyl groups is 1. The van der Waals surface area contributed by atoms with E-state index in [0.29, 0.717) is 11.7 Å². The average molecular weight is 235 g/mol. The van der Waals surface area contributed by atoms with Gasteiger partial charge < -0.3 is 15.5 Å². The van der Waals surface area contributed by atoms with Gasteiger partial charge in [0.2, 0.25) is 0 Å². The highest BCUT2D eigenvalue weighted by molar-refractivity contribution is 5.37. The molecule has 1 aromatic carbocycles. The molecule has 0 radical (unpaired) electrons. The Labute approximate surface area is 102 Å². The molecule has 3 N–H and O–H groups in total. The average Bonchev–Trinajstić information content (AvgIpc) is 2.26. The van der Waals surface area contributed by atoms with Gasteiger partial charge in [0.15, 0.2) is 0 Å². The first-order chi connectivity index (χ1) is 8.06. The van der Waals surface area contributed by atoms with E-state index in [1.165, 1.54) is 0 Å². The number of phenols is 1. The Hall–Kier alpha value is -1.06. The molecule has 0 amide bonds. The lowest BCUT2D eigenvalue weighted by molar-refractivity contribution is 0.0420. The van der Waals surface area contributed by atoms with Crippen LogP contribution in [0.25, 0.3) is 0 Å². The Bertz CT molecular complexity index is 386. The molecule has 1 fully saturated rings. The van der Waals surface area contributed by atoms with Crippen LogP contribution in [0.3, 0.4) is 0 Å².